The highest BCUT2D eigenvalue weighted by Crippen LogP contribution is 2.26. The normalized spacial score (nSPS) is 12.4. The van der Waals surface area contributed by atoms with Gasteiger partial charge >= 0.3 is 0 Å². The van der Waals surface area contributed by atoms with E-state index in [2.05, 4.69) is 42.3 Å². The van der Waals surface area contributed by atoms with Gasteiger partial charge in [-0.15, -0.1) is 0 Å². The summed E-state index contributed by atoms with van der Waals surface area (Å²) in [6.45, 7) is 6.92. The van der Waals surface area contributed by atoms with Crippen molar-refractivity contribution in [2.24, 2.45) is 0 Å². The Kier molecular flexibility index (Phi) is 4.27. The Bertz CT molecular complexity index is 566. The largest absolute Gasteiger partial charge is 0.306 e. The van der Waals surface area contributed by atoms with Crippen molar-refractivity contribution >= 4 is 0 Å². The zero-order chi connectivity index (χ0) is 13.8. The Morgan fingerprint density at radius 3 is 2.63 bits per heavy atom. The first-order valence-corrected chi connectivity index (χ1v) is 6.53. The second-order valence-corrected chi connectivity index (χ2v) is 4.75. The van der Waals surface area contributed by atoms with Gasteiger partial charge in [-0.2, -0.15) is 0 Å². The van der Waals surface area contributed by atoms with E-state index in [0.717, 1.165) is 12.1 Å². The summed E-state index contributed by atoms with van der Waals surface area (Å²) in [5.41, 5.74) is 4.13. The summed E-state index contributed by atoms with van der Waals surface area (Å²) in [5.74, 6) is -0.270. The fraction of sp³-hybridized carbons (Fsp3) is 0.312. The summed E-state index contributed by atoms with van der Waals surface area (Å²) < 4.78 is 14.0. The topological polar surface area (TPSA) is 24.9 Å². The van der Waals surface area contributed by atoms with Gasteiger partial charge in [0.2, 0.25) is 0 Å². The minimum absolute atomic E-state index is 0.131. The first-order chi connectivity index (χ1) is 9.13. The van der Waals surface area contributed by atoms with Crippen LogP contribution in [0.5, 0.6) is 0 Å². The fourth-order valence-electron chi connectivity index (χ4n) is 2.36. The van der Waals surface area contributed by atoms with Crippen LogP contribution >= 0.6 is 0 Å². The molecule has 0 bridgehead atoms. The molecule has 0 fully saturated rings. The van der Waals surface area contributed by atoms with E-state index in [1.807, 2.05) is 6.92 Å². The van der Waals surface area contributed by atoms with Crippen LogP contribution in [0, 0.1) is 19.7 Å². The fourth-order valence-corrected chi connectivity index (χ4v) is 2.36. The predicted octanol–water partition coefficient (Wildman–Crippen LogP) is 3.54. The molecule has 2 rings (SSSR count). The van der Waals surface area contributed by atoms with Gasteiger partial charge in [0.1, 0.15) is 5.82 Å². The zero-order valence-electron chi connectivity index (χ0n) is 11.6. The maximum absolute atomic E-state index is 14.0. The number of aromatic nitrogens is 1. The molecule has 1 aromatic heterocycles. The van der Waals surface area contributed by atoms with Gasteiger partial charge in [-0.1, -0.05) is 30.7 Å². The number of benzene rings is 1. The van der Waals surface area contributed by atoms with Crippen LogP contribution in [0.4, 0.5) is 4.39 Å². The molecule has 0 aliphatic carbocycles. The molecule has 0 radical (unpaired) electrons. The molecule has 0 saturated carbocycles. The number of halogens is 1. The monoisotopic (exact) mass is 258 g/mol. The highest BCUT2D eigenvalue weighted by atomic mass is 19.1. The van der Waals surface area contributed by atoms with Crippen LogP contribution in [0.15, 0.2) is 36.7 Å². The third-order valence-corrected chi connectivity index (χ3v) is 3.26. The molecule has 1 N–H and O–H groups in total. The minimum atomic E-state index is -0.270. The van der Waals surface area contributed by atoms with Gasteiger partial charge in [0.05, 0.1) is 12.2 Å². The van der Waals surface area contributed by atoms with E-state index in [0.29, 0.717) is 5.56 Å². The predicted molar refractivity (Wildman–Crippen MR) is 75.6 cm³/mol. The van der Waals surface area contributed by atoms with Crippen LogP contribution in [0.25, 0.3) is 0 Å². The number of hydrogen-bond acceptors (Lipinski definition) is 2. The molecule has 3 heteroatoms. The molecule has 0 amide bonds. The van der Waals surface area contributed by atoms with Crippen molar-refractivity contribution in [3.05, 3.63) is 64.7 Å². The molecule has 0 spiro atoms. The highest BCUT2D eigenvalue weighted by molar-refractivity contribution is 5.38. The summed E-state index contributed by atoms with van der Waals surface area (Å²) in [6.07, 6.45) is 2.90. The minimum Gasteiger partial charge on any atom is -0.306 e. The Morgan fingerprint density at radius 2 is 2.00 bits per heavy atom. The maximum atomic E-state index is 14.0. The van der Waals surface area contributed by atoms with Crippen LogP contribution in [-0.2, 0) is 0 Å². The van der Waals surface area contributed by atoms with Gasteiger partial charge in [-0.25, -0.2) is 4.39 Å². The Labute approximate surface area is 113 Å². The SMILES string of the molecule is CCNC(c1ccc(C)cc1C)c1ccncc1F. The van der Waals surface area contributed by atoms with E-state index in [-0.39, 0.29) is 11.9 Å². The van der Waals surface area contributed by atoms with Crippen molar-refractivity contribution in [3.8, 4) is 0 Å². The maximum Gasteiger partial charge on any atom is 0.146 e. The van der Waals surface area contributed by atoms with E-state index in [9.17, 15) is 4.39 Å². The molecular weight excluding hydrogens is 239 g/mol. The third-order valence-electron chi connectivity index (χ3n) is 3.26. The molecule has 2 aromatic rings. The molecule has 2 nitrogen and oxygen atoms in total. The zero-order valence-corrected chi connectivity index (χ0v) is 11.6. The van der Waals surface area contributed by atoms with Crippen molar-refractivity contribution in [2.75, 3.05) is 6.54 Å². The lowest BCUT2D eigenvalue weighted by atomic mass is 9.94. The van der Waals surface area contributed by atoms with Crippen molar-refractivity contribution in [1.29, 1.82) is 0 Å². The number of nitrogens with one attached hydrogen (secondary N) is 1. The van der Waals surface area contributed by atoms with E-state index >= 15 is 0 Å². The number of nitrogens with zero attached hydrogens (tertiary/aromatic N) is 1. The molecule has 100 valence electrons. The van der Waals surface area contributed by atoms with Gasteiger partial charge in [0, 0.05) is 11.8 Å². The molecule has 0 aliphatic rings. The lowest BCUT2D eigenvalue weighted by Gasteiger charge is -2.21. The summed E-state index contributed by atoms with van der Waals surface area (Å²) in [4.78, 5) is 3.81. The van der Waals surface area contributed by atoms with Crippen molar-refractivity contribution in [2.45, 2.75) is 26.8 Å². The van der Waals surface area contributed by atoms with Crippen LogP contribution in [-0.4, -0.2) is 11.5 Å². The van der Waals surface area contributed by atoms with Gasteiger partial charge in [-0.05, 0) is 37.6 Å². The molecule has 1 unspecified atom stereocenters. The molecule has 0 saturated heterocycles. The third kappa shape index (κ3) is 2.99. The number of rotatable bonds is 4. The van der Waals surface area contributed by atoms with Gasteiger partial charge in [-0.3, -0.25) is 4.98 Å². The molecule has 0 aliphatic heterocycles. The van der Waals surface area contributed by atoms with Crippen LogP contribution < -0.4 is 5.32 Å². The van der Waals surface area contributed by atoms with Gasteiger partial charge < -0.3 is 5.32 Å². The Morgan fingerprint density at radius 1 is 1.21 bits per heavy atom. The van der Waals surface area contributed by atoms with E-state index in [1.54, 1.807) is 12.3 Å². The Balaban J connectivity index is 2.48. The second kappa shape index (κ2) is 5.93. The van der Waals surface area contributed by atoms with Gasteiger partial charge in [0.15, 0.2) is 0 Å². The summed E-state index contributed by atoms with van der Waals surface area (Å²) >= 11 is 0. The number of aryl methyl sites for hydroxylation is 2. The number of hydrogen-bond donors (Lipinski definition) is 1. The van der Waals surface area contributed by atoms with E-state index in [1.165, 1.54) is 17.3 Å². The van der Waals surface area contributed by atoms with Crippen LogP contribution in [0.3, 0.4) is 0 Å². The molecule has 1 atom stereocenters. The van der Waals surface area contributed by atoms with Crippen LogP contribution in [0.2, 0.25) is 0 Å². The van der Waals surface area contributed by atoms with Crippen molar-refractivity contribution in [1.82, 2.24) is 10.3 Å². The van der Waals surface area contributed by atoms with E-state index in [4.69, 9.17) is 0 Å². The molecule has 1 aromatic carbocycles. The smallest absolute Gasteiger partial charge is 0.146 e. The quantitative estimate of drug-likeness (QED) is 0.907. The highest BCUT2D eigenvalue weighted by Gasteiger charge is 2.18. The molecular formula is C16H19FN2. The van der Waals surface area contributed by atoms with Crippen molar-refractivity contribution in [3.63, 3.8) is 0 Å². The van der Waals surface area contributed by atoms with E-state index < -0.39 is 0 Å². The Hall–Kier alpha value is -1.74. The lowest BCUT2D eigenvalue weighted by molar-refractivity contribution is 0.553. The lowest BCUT2D eigenvalue weighted by Crippen LogP contribution is -2.23. The molecule has 19 heavy (non-hydrogen) atoms. The summed E-state index contributed by atoms with van der Waals surface area (Å²) in [5, 5.41) is 3.35. The summed E-state index contributed by atoms with van der Waals surface area (Å²) in [6, 6.07) is 7.86. The molecule has 1 heterocycles. The van der Waals surface area contributed by atoms with Gasteiger partial charge in [0.25, 0.3) is 0 Å². The summed E-state index contributed by atoms with van der Waals surface area (Å²) in [7, 11) is 0. The second-order valence-electron chi connectivity index (χ2n) is 4.75. The standard InChI is InChI=1S/C16H19FN2/c1-4-19-16(14-7-8-18-10-15(14)17)13-6-5-11(2)9-12(13)3/h5-10,16,19H,4H2,1-3H3. The first-order valence-electron chi connectivity index (χ1n) is 6.53. The first kappa shape index (κ1) is 13.7. The average molecular weight is 258 g/mol. The van der Waals surface area contributed by atoms with Crippen molar-refractivity contribution < 1.29 is 4.39 Å². The van der Waals surface area contributed by atoms with Crippen LogP contribution in [0.1, 0.15) is 35.2 Å². The number of pyridine rings is 1. The average Bonchev–Trinajstić information content (AvgIpc) is 2.38.